The van der Waals surface area contributed by atoms with Crippen molar-refractivity contribution in [1.29, 1.82) is 0 Å². The van der Waals surface area contributed by atoms with Crippen LogP contribution in [0.25, 0.3) is 33.6 Å². The van der Waals surface area contributed by atoms with E-state index in [9.17, 15) is 14.7 Å². The fourth-order valence-corrected chi connectivity index (χ4v) is 6.29. The Kier molecular flexibility index (Phi) is 12.4. The number of hydrogen-bond donors (Lipinski definition) is 4. The number of aromatic nitrogens is 3. The first-order chi connectivity index (χ1) is 23.8. The highest BCUT2D eigenvalue weighted by Gasteiger charge is 2.22. The molecule has 0 unspecified atom stereocenters. The Balaban J connectivity index is 1.38. The van der Waals surface area contributed by atoms with Crippen molar-refractivity contribution in [1.82, 2.24) is 30.9 Å². The van der Waals surface area contributed by atoms with E-state index in [1.165, 1.54) is 14.2 Å². The standard InChI is InChI=1S/C35H38Cl2N6O6/c1-47-29-15-21(17-40-28(29)19-41-27(12-14-44)35(46)49-3)33-32(37)24(11-13-39-33)23-5-4-6-25(31(23)36)26-9-7-20(34(43-26)48-2)16-38-18-22-8-10-30(45)42-22/h4-7,9,11,13,15,17,22,27,38,41,44H,8,10,12,14,16,18-19H2,1-3H3,(H,42,45)/t22-,27-/m0/s1. The van der Waals surface area contributed by atoms with Crippen LogP contribution in [0.3, 0.4) is 0 Å². The molecule has 0 bridgehead atoms. The molecular weight excluding hydrogens is 671 g/mol. The van der Waals surface area contributed by atoms with E-state index in [2.05, 4.69) is 25.9 Å². The second-order valence-corrected chi connectivity index (χ2v) is 12.1. The van der Waals surface area contributed by atoms with Crippen LogP contribution in [-0.2, 0) is 27.4 Å². The number of pyridine rings is 3. The summed E-state index contributed by atoms with van der Waals surface area (Å²) in [7, 11) is 4.39. The highest BCUT2D eigenvalue weighted by molar-refractivity contribution is 6.39. The first-order valence-corrected chi connectivity index (χ1v) is 16.5. The maximum absolute atomic E-state index is 12.1. The van der Waals surface area contributed by atoms with E-state index >= 15 is 0 Å². The van der Waals surface area contributed by atoms with Gasteiger partial charge >= 0.3 is 5.97 Å². The minimum absolute atomic E-state index is 0.0852. The largest absolute Gasteiger partial charge is 0.495 e. The van der Waals surface area contributed by atoms with Crippen molar-refractivity contribution in [3.63, 3.8) is 0 Å². The number of amides is 1. The number of benzene rings is 1. The summed E-state index contributed by atoms with van der Waals surface area (Å²) in [4.78, 5) is 37.4. The number of halogens is 2. The molecule has 4 aromatic rings. The van der Waals surface area contributed by atoms with Crippen LogP contribution in [0.5, 0.6) is 11.6 Å². The summed E-state index contributed by atoms with van der Waals surface area (Å²) in [5.41, 5.74) is 5.21. The van der Waals surface area contributed by atoms with Gasteiger partial charge in [-0.25, -0.2) is 4.98 Å². The molecule has 1 amide bonds. The number of rotatable bonds is 15. The summed E-state index contributed by atoms with van der Waals surface area (Å²) < 4.78 is 16.0. The lowest BCUT2D eigenvalue weighted by Crippen LogP contribution is -2.38. The predicted octanol–water partition coefficient (Wildman–Crippen LogP) is 4.58. The highest BCUT2D eigenvalue weighted by atomic mass is 35.5. The number of aliphatic hydroxyl groups is 1. The normalized spacial score (nSPS) is 14.7. The molecule has 0 radical (unpaired) electrons. The minimum Gasteiger partial charge on any atom is -0.495 e. The van der Waals surface area contributed by atoms with Crippen molar-refractivity contribution < 1.29 is 28.9 Å². The van der Waals surface area contributed by atoms with Crippen LogP contribution in [0.4, 0.5) is 0 Å². The second kappa shape index (κ2) is 16.9. The van der Waals surface area contributed by atoms with E-state index in [1.54, 1.807) is 31.6 Å². The van der Waals surface area contributed by atoms with E-state index in [0.29, 0.717) is 80.5 Å². The van der Waals surface area contributed by atoms with Crippen molar-refractivity contribution in [3.8, 4) is 45.3 Å². The van der Waals surface area contributed by atoms with Gasteiger partial charge in [0, 0.05) is 78.9 Å². The maximum Gasteiger partial charge on any atom is 0.322 e. The molecule has 4 heterocycles. The third-order valence-electron chi connectivity index (χ3n) is 8.22. The van der Waals surface area contributed by atoms with Gasteiger partial charge in [-0.3, -0.25) is 24.9 Å². The van der Waals surface area contributed by atoms with Gasteiger partial charge in [0.1, 0.15) is 11.8 Å². The Morgan fingerprint density at radius 1 is 1.04 bits per heavy atom. The number of ether oxygens (including phenoxy) is 3. The van der Waals surface area contributed by atoms with Gasteiger partial charge in [0.05, 0.1) is 48.5 Å². The zero-order chi connectivity index (χ0) is 34.9. The molecule has 2 atom stereocenters. The molecule has 49 heavy (non-hydrogen) atoms. The lowest BCUT2D eigenvalue weighted by Gasteiger charge is -2.17. The fourth-order valence-electron chi connectivity index (χ4n) is 5.64. The Hall–Kier alpha value is -4.33. The third-order valence-corrected chi connectivity index (χ3v) is 9.01. The van der Waals surface area contributed by atoms with Crippen LogP contribution in [0.15, 0.2) is 54.9 Å². The van der Waals surface area contributed by atoms with Gasteiger partial charge < -0.3 is 30.0 Å². The van der Waals surface area contributed by atoms with E-state index < -0.39 is 12.0 Å². The number of carbonyl (C=O) groups is 2. The van der Waals surface area contributed by atoms with Gasteiger partial charge in [-0.05, 0) is 31.0 Å². The average Bonchev–Trinajstić information content (AvgIpc) is 3.54. The molecule has 0 saturated carbocycles. The smallest absolute Gasteiger partial charge is 0.322 e. The Morgan fingerprint density at radius 3 is 2.55 bits per heavy atom. The van der Waals surface area contributed by atoms with E-state index in [4.69, 9.17) is 42.4 Å². The molecule has 1 saturated heterocycles. The summed E-state index contributed by atoms with van der Waals surface area (Å²) in [5.74, 6) is 0.542. The molecule has 1 aromatic carbocycles. The quantitative estimate of drug-likeness (QED) is 0.128. The predicted molar refractivity (Wildman–Crippen MR) is 186 cm³/mol. The van der Waals surface area contributed by atoms with Crippen LogP contribution in [0.1, 0.15) is 30.5 Å². The average molecular weight is 710 g/mol. The molecule has 1 aliphatic heterocycles. The molecular formula is C35H38Cl2N6O6. The molecule has 14 heteroatoms. The molecule has 3 aromatic heterocycles. The summed E-state index contributed by atoms with van der Waals surface area (Å²) >= 11 is 14.0. The zero-order valence-electron chi connectivity index (χ0n) is 27.4. The number of aliphatic hydroxyl groups excluding tert-OH is 1. The summed E-state index contributed by atoms with van der Waals surface area (Å²) in [6.45, 7) is 1.21. The third kappa shape index (κ3) is 8.46. The second-order valence-electron chi connectivity index (χ2n) is 11.3. The summed E-state index contributed by atoms with van der Waals surface area (Å²) in [5, 5.41) is 19.5. The van der Waals surface area contributed by atoms with Crippen molar-refractivity contribution in [3.05, 3.63) is 76.2 Å². The topological polar surface area (TPSA) is 157 Å². The zero-order valence-corrected chi connectivity index (χ0v) is 28.9. The lowest BCUT2D eigenvalue weighted by atomic mass is 9.99. The Bertz CT molecular complexity index is 1810. The van der Waals surface area contributed by atoms with Gasteiger partial charge in [-0.2, -0.15) is 0 Å². The number of nitrogens with zero attached hydrogens (tertiary/aromatic N) is 3. The van der Waals surface area contributed by atoms with Gasteiger partial charge in [-0.1, -0.05) is 47.5 Å². The first kappa shape index (κ1) is 36.0. The highest BCUT2D eigenvalue weighted by Crippen LogP contribution is 2.42. The van der Waals surface area contributed by atoms with Crippen molar-refractivity contribution in [2.75, 3.05) is 34.5 Å². The fraction of sp³-hybridized carbons (Fsp3) is 0.343. The van der Waals surface area contributed by atoms with Gasteiger partial charge in [0.25, 0.3) is 0 Å². The van der Waals surface area contributed by atoms with Gasteiger partial charge in [0.2, 0.25) is 11.8 Å². The van der Waals surface area contributed by atoms with Crippen LogP contribution in [0.2, 0.25) is 10.0 Å². The summed E-state index contributed by atoms with van der Waals surface area (Å²) in [6.07, 6.45) is 4.85. The van der Waals surface area contributed by atoms with Gasteiger partial charge in [-0.15, -0.1) is 0 Å². The number of carbonyl (C=O) groups excluding carboxylic acids is 2. The SMILES string of the molecule is COC(=O)[C@H](CCO)NCc1ncc(-c2nccc(-c3cccc(-c4ccc(CNC[C@@H]5CCC(=O)N5)c(OC)n4)c3Cl)c2Cl)cc1OC. The van der Waals surface area contributed by atoms with Crippen LogP contribution < -0.4 is 25.4 Å². The summed E-state index contributed by atoms with van der Waals surface area (Å²) in [6, 6.07) is 12.5. The molecule has 5 rings (SSSR count). The minimum atomic E-state index is -0.696. The van der Waals surface area contributed by atoms with Crippen LogP contribution in [0, 0.1) is 0 Å². The van der Waals surface area contributed by atoms with E-state index in [-0.39, 0.29) is 31.5 Å². The van der Waals surface area contributed by atoms with Crippen molar-refractivity contribution in [2.24, 2.45) is 0 Å². The first-order valence-electron chi connectivity index (χ1n) is 15.7. The molecule has 0 spiro atoms. The molecule has 1 fully saturated rings. The Labute approximate surface area is 294 Å². The van der Waals surface area contributed by atoms with Crippen molar-refractivity contribution >= 4 is 35.1 Å². The molecule has 12 nitrogen and oxygen atoms in total. The number of hydrogen-bond acceptors (Lipinski definition) is 11. The number of methoxy groups -OCH3 is 3. The molecule has 4 N–H and O–H groups in total. The lowest BCUT2D eigenvalue weighted by molar-refractivity contribution is -0.143. The molecule has 258 valence electrons. The Morgan fingerprint density at radius 2 is 1.84 bits per heavy atom. The molecule has 1 aliphatic rings. The van der Waals surface area contributed by atoms with E-state index in [1.807, 2.05) is 30.3 Å². The number of esters is 1. The van der Waals surface area contributed by atoms with Crippen molar-refractivity contribution in [2.45, 2.75) is 44.4 Å². The van der Waals surface area contributed by atoms with Crippen LogP contribution >= 0.6 is 23.2 Å². The molecule has 0 aliphatic carbocycles. The maximum atomic E-state index is 12.1. The monoisotopic (exact) mass is 708 g/mol. The van der Waals surface area contributed by atoms with E-state index in [0.717, 1.165) is 12.0 Å². The van der Waals surface area contributed by atoms with Crippen LogP contribution in [-0.4, -0.2) is 78.5 Å². The van der Waals surface area contributed by atoms with Gasteiger partial charge in [0.15, 0.2) is 0 Å². The number of nitrogens with one attached hydrogen (secondary N) is 3.